The summed E-state index contributed by atoms with van der Waals surface area (Å²) in [6.07, 6.45) is 1.39. The van der Waals surface area contributed by atoms with Crippen molar-refractivity contribution in [3.8, 4) is 0 Å². The maximum Gasteiger partial charge on any atom is 0.329 e. The smallest absolute Gasteiger partial charge is 0.315 e. The number of hydrazone groups is 1. The van der Waals surface area contributed by atoms with Crippen LogP contribution in [0.1, 0.15) is 5.56 Å². The first kappa shape index (κ1) is 15.8. The Labute approximate surface area is 134 Å². The third-order valence-corrected chi connectivity index (χ3v) is 3.05. The summed E-state index contributed by atoms with van der Waals surface area (Å²) in [5.74, 6) is -2.62. The van der Waals surface area contributed by atoms with Crippen LogP contribution in [0.3, 0.4) is 0 Å². The number of anilines is 1. The topological polar surface area (TPSA) is 70.6 Å². The highest BCUT2D eigenvalue weighted by atomic mass is 79.9. The Morgan fingerprint density at radius 3 is 2.59 bits per heavy atom. The molecule has 0 aliphatic heterocycles. The minimum Gasteiger partial charge on any atom is -0.315 e. The number of halogens is 2. The van der Waals surface area contributed by atoms with E-state index in [0.717, 1.165) is 10.0 Å². The van der Waals surface area contributed by atoms with Crippen LogP contribution >= 0.6 is 15.9 Å². The number of benzene rings is 2. The highest BCUT2D eigenvalue weighted by Gasteiger charge is 2.14. The molecule has 2 aromatic rings. The van der Waals surface area contributed by atoms with Gasteiger partial charge in [0.25, 0.3) is 0 Å². The molecule has 112 valence electrons. The van der Waals surface area contributed by atoms with Crippen molar-refractivity contribution in [1.29, 1.82) is 0 Å². The summed E-state index contributed by atoms with van der Waals surface area (Å²) < 4.78 is 14.2. The van der Waals surface area contributed by atoms with E-state index in [4.69, 9.17) is 0 Å². The Balaban J connectivity index is 1.92. The lowest BCUT2D eigenvalue weighted by atomic mass is 10.2. The molecular formula is C15H11BrFN3O2. The van der Waals surface area contributed by atoms with Gasteiger partial charge in [-0.25, -0.2) is 9.82 Å². The molecule has 2 aromatic carbocycles. The maximum absolute atomic E-state index is 13.3. The molecule has 0 unspecified atom stereocenters. The van der Waals surface area contributed by atoms with E-state index in [0.29, 0.717) is 0 Å². The summed E-state index contributed by atoms with van der Waals surface area (Å²) in [4.78, 5) is 23.1. The van der Waals surface area contributed by atoms with Crippen LogP contribution in [0, 0.1) is 5.82 Å². The van der Waals surface area contributed by atoms with Gasteiger partial charge in [0.05, 0.1) is 11.9 Å². The van der Waals surface area contributed by atoms with Crippen LogP contribution < -0.4 is 10.7 Å². The average molecular weight is 364 g/mol. The molecule has 0 aromatic heterocycles. The third-order valence-electron chi connectivity index (χ3n) is 2.56. The van der Waals surface area contributed by atoms with Gasteiger partial charge in [-0.15, -0.1) is 0 Å². The van der Waals surface area contributed by atoms with Crippen molar-refractivity contribution in [2.24, 2.45) is 5.10 Å². The predicted molar refractivity (Wildman–Crippen MR) is 84.9 cm³/mol. The van der Waals surface area contributed by atoms with E-state index in [1.54, 1.807) is 24.3 Å². The van der Waals surface area contributed by atoms with Crippen LogP contribution in [-0.2, 0) is 9.59 Å². The van der Waals surface area contributed by atoms with Crippen LogP contribution in [-0.4, -0.2) is 18.0 Å². The van der Waals surface area contributed by atoms with Crippen molar-refractivity contribution >= 4 is 39.6 Å². The molecule has 0 atom stereocenters. The molecule has 7 heteroatoms. The van der Waals surface area contributed by atoms with Crippen molar-refractivity contribution in [3.63, 3.8) is 0 Å². The Bertz CT molecular complexity index is 734. The van der Waals surface area contributed by atoms with E-state index >= 15 is 0 Å². The summed E-state index contributed by atoms with van der Waals surface area (Å²) >= 11 is 3.30. The number of carbonyl (C=O) groups excluding carboxylic acids is 2. The summed E-state index contributed by atoms with van der Waals surface area (Å²) in [6, 6.07) is 12.8. The molecule has 22 heavy (non-hydrogen) atoms. The molecule has 5 nitrogen and oxygen atoms in total. The van der Waals surface area contributed by atoms with Crippen LogP contribution in [0.25, 0.3) is 0 Å². The van der Waals surface area contributed by atoms with Gasteiger partial charge in [-0.2, -0.15) is 5.10 Å². The normalized spacial score (nSPS) is 10.5. The second kappa shape index (κ2) is 7.46. The fraction of sp³-hybridized carbons (Fsp3) is 0. The molecule has 0 saturated carbocycles. The fourth-order valence-corrected chi connectivity index (χ4v) is 1.96. The fourth-order valence-electron chi connectivity index (χ4n) is 1.54. The Morgan fingerprint density at radius 1 is 1.09 bits per heavy atom. The third kappa shape index (κ3) is 4.49. The van der Waals surface area contributed by atoms with Gasteiger partial charge in [0.15, 0.2) is 0 Å². The van der Waals surface area contributed by atoms with E-state index < -0.39 is 17.6 Å². The molecule has 0 aliphatic rings. The van der Waals surface area contributed by atoms with Crippen molar-refractivity contribution in [2.75, 3.05) is 5.32 Å². The Morgan fingerprint density at radius 2 is 1.86 bits per heavy atom. The average Bonchev–Trinajstić information content (AvgIpc) is 2.49. The lowest BCUT2D eigenvalue weighted by Crippen LogP contribution is -2.32. The molecule has 0 bridgehead atoms. The maximum atomic E-state index is 13.3. The van der Waals surface area contributed by atoms with Crippen molar-refractivity contribution in [2.45, 2.75) is 0 Å². The molecule has 0 spiro atoms. The van der Waals surface area contributed by atoms with Gasteiger partial charge in [-0.3, -0.25) is 9.59 Å². The number of nitrogens with zero attached hydrogens (tertiary/aromatic N) is 1. The largest absolute Gasteiger partial charge is 0.329 e. The number of hydrogen-bond acceptors (Lipinski definition) is 3. The second-order valence-corrected chi connectivity index (χ2v) is 5.10. The van der Waals surface area contributed by atoms with Gasteiger partial charge < -0.3 is 5.32 Å². The molecule has 2 rings (SSSR count). The zero-order valence-electron chi connectivity index (χ0n) is 11.2. The van der Waals surface area contributed by atoms with E-state index in [2.05, 4.69) is 31.8 Å². The van der Waals surface area contributed by atoms with E-state index in [1.165, 1.54) is 24.4 Å². The number of nitrogens with one attached hydrogen (secondary N) is 2. The molecule has 0 heterocycles. The minimum atomic E-state index is -1.00. The molecule has 2 amide bonds. The van der Waals surface area contributed by atoms with Crippen LogP contribution in [0.5, 0.6) is 0 Å². The van der Waals surface area contributed by atoms with E-state index in [9.17, 15) is 14.0 Å². The molecule has 0 fully saturated rings. The first-order chi connectivity index (χ1) is 10.6. The summed E-state index contributed by atoms with van der Waals surface area (Å²) in [7, 11) is 0. The zero-order valence-corrected chi connectivity index (χ0v) is 12.8. The van der Waals surface area contributed by atoms with E-state index in [1.807, 2.05) is 6.07 Å². The van der Waals surface area contributed by atoms with Gasteiger partial charge in [-0.05, 0) is 29.8 Å². The summed E-state index contributed by atoms with van der Waals surface area (Å²) in [6.45, 7) is 0. The monoisotopic (exact) mass is 363 g/mol. The zero-order chi connectivity index (χ0) is 15.9. The number of amides is 2. The summed E-state index contributed by atoms with van der Waals surface area (Å²) in [5, 5.41) is 5.83. The first-order valence-corrected chi connectivity index (χ1v) is 7.00. The first-order valence-electron chi connectivity index (χ1n) is 6.21. The van der Waals surface area contributed by atoms with E-state index in [-0.39, 0.29) is 5.69 Å². The standard InChI is InChI=1S/C15H11BrFN3O2/c16-11-5-3-4-10(8-11)9-18-20-15(22)14(21)19-13-7-2-1-6-12(13)17/h1-9H,(H,19,21)(H,20,22)/b18-9-. The van der Waals surface area contributed by atoms with Gasteiger partial charge in [-0.1, -0.05) is 40.2 Å². The summed E-state index contributed by atoms with van der Waals surface area (Å²) in [5.41, 5.74) is 2.74. The van der Waals surface area contributed by atoms with Crippen LogP contribution in [0.2, 0.25) is 0 Å². The molecular weight excluding hydrogens is 353 g/mol. The number of hydrogen-bond donors (Lipinski definition) is 2. The Kier molecular flexibility index (Phi) is 5.37. The lowest BCUT2D eigenvalue weighted by Gasteiger charge is -2.04. The molecule has 2 N–H and O–H groups in total. The van der Waals surface area contributed by atoms with Gasteiger partial charge in [0, 0.05) is 4.47 Å². The quantitative estimate of drug-likeness (QED) is 0.500. The predicted octanol–water partition coefficient (Wildman–Crippen LogP) is 2.68. The highest BCUT2D eigenvalue weighted by Crippen LogP contribution is 2.12. The number of carbonyl (C=O) groups is 2. The van der Waals surface area contributed by atoms with Crippen LogP contribution in [0.15, 0.2) is 58.1 Å². The van der Waals surface area contributed by atoms with Gasteiger partial charge >= 0.3 is 11.8 Å². The number of para-hydroxylation sites is 1. The molecule has 0 radical (unpaired) electrons. The SMILES string of the molecule is O=C(N/N=C\c1cccc(Br)c1)C(=O)Nc1ccccc1F. The molecule has 0 saturated heterocycles. The number of rotatable bonds is 3. The lowest BCUT2D eigenvalue weighted by molar-refractivity contribution is -0.136. The van der Waals surface area contributed by atoms with Gasteiger partial charge in [0.2, 0.25) is 0 Å². The van der Waals surface area contributed by atoms with Crippen LogP contribution in [0.4, 0.5) is 10.1 Å². The Hall–Kier alpha value is -2.54. The van der Waals surface area contributed by atoms with Crippen molar-refractivity contribution in [3.05, 3.63) is 64.4 Å². The van der Waals surface area contributed by atoms with Crippen molar-refractivity contribution < 1.29 is 14.0 Å². The molecule has 0 aliphatic carbocycles. The van der Waals surface area contributed by atoms with Crippen molar-refractivity contribution in [1.82, 2.24) is 5.43 Å². The highest BCUT2D eigenvalue weighted by molar-refractivity contribution is 9.10. The van der Waals surface area contributed by atoms with Gasteiger partial charge in [0.1, 0.15) is 5.82 Å². The second-order valence-electron chi connectivity index (χ2n) is 4.19. The minimum absolute atomic E-state index is 0.0707.